The maximum Gasteiger partial charge on any atom is 0.161 e. The number of benzene rings is 2. The summed E-state index contributed by atoms with van der Waals surface area (Å²) in [7, 11) is 0. The minimum atomic E-state index is -0.137. The summed E-state index contributed by atoms with van der Waals surface area (Å²) in [5.74, 6) is 1.16. The molecule has 0 aromatic heterocycles. The molecule has 0 fully saturated rings. The van der Waals surface area contributed by atoms with E-state index in [0.29, 0.717) is 19.0 Å². The Bertz CT molecular complexity index is 592. The minimum absolute atomic E-state index is 0.128. The predicted molar refractivity (Wildman–Crippen MR) is 66.2 cm³/mol. The van der Waals surface area contributed by atoms with Crippen LogP contribution in [0.15, 0.2) is 36.4 Å². The monoisotopic (exact) mass is 244 g/mol. The molecule has 1 aliphatic rings. The van der Waals surface area contributed by atoms with Crippen molar-refractivity contribution in [3.05, 3.63) is 36.4 Å². The normalized spacial score (nSPS) is 13.3. The molecule has 18 heavy (non-hydrogen) atoms. The largest absolute Gasteiger partial charge is 0.504 e. The smallest absolute Gasteiger partial charge is 0.161 e. The average Bonchev–Trinajstić information content (AvgIpc) is 2.41. The second-order valence-electron chi connectivity index (χ2n) is 4.06. The van der Waals surface area contributed by atoms with Crippen molar-refractivity contribution >= 4 is 0 Å². The summed E-state index contributed by atoms with van der Waals surface area (Å²) in [6.45, 7) is 1.10. The number of phenols is 2. The molecule has 0 saturated carbocycles. The van der Waals surface area contributed by atoms with Gasteiger partial charge in [-0.25, -0.2) is 0 Å². The van der Waals surface area contributed by atoms with Crippen LogP contribution in [0.5, 0.6) is 23.0 Å². The highest BCUT2D eigenvalue weighted by Crippen LogP contribution is 2.36. The third kappa shape index (κ3) is 1.82. The summed E-state index contributed by atoms with van der Waals surface area (Å²) in [6, 6.07) is 10.3. The summed E-state index contributed by atoms with van der Waals surface area (Å²) >= 11 is 0. The highest BCUT2D eigenvalue weighted by molar-refractivity contribution is 5.69. The highest BCUT2D eigenvalue weighted by atomic mass is 16.6. The number of fused-ring (bicyclic) bond motifs is 1. The zero-order chi connectivity index (χ0) is 12.5. The topological polar surface area (TPSA) is 58.9 Å². The number of rotatable bonds is 1. The van der Waals surface area contributed by atoms with Crippen molar-refractivity contribution in [1.82, 2.24) is 0 Å². The molecule has 92 valence electrons. The summed E-state index contributed by atoms with van der Waals surface area (Å²) in [6.07, 6.45) is 0. The van der Waals surface area contributed by atoms with Crippen LogP contribution >= 0.6 is 0 Å². The minimum Gasteiger partial charge on any atom is -0.504 e. The molecule has 0 bridgehead atoms. The van der Waals surface area contributed by atoms with Crippen molar-refractivity contribution in [3.8, 4) is 34.1 Å². The first-order chi connectivity index (χ1) is 8.74. The molecule has 0 saturated heterocycles. The van der Waals surface area contributed by atoms with Crippen molar-refractivity contribution in [1.29, 1.82) is 0 Å². The zero-order valence-corrected chi connectivity index (χ0v) is 9.59. The fourth-order valence-corrected chi connectivity index (χ4v) is 1.93. The van der Waals surface area contributed by atoms with Crippen LogP contribution in [0.1, 0.15) is 0 Å². The van der Waals surface area contributed by atoms with E-state index in [4.69, 9.17) is 9.47 Å². The van der Waals surface area contributed by atoms with Gasteiger partial charge in [0.15, 0.2) is 23.0 Å². The third-order valence-corrected chi connectivity index (χ3v) is 2.85. The van der Waals surface area contributed by atoms with Gasteiger partial charge in [0, 0.05) is 0 Å². The second-order valence-corrected chi connectivity index (χ2v) is 4.06. The average molecular weight is 244 g/mol. The Labute approximate surface area is 104 Å². The Kier molecular flexibility index (Phi) is 2.48. The van der Waals surface area contributed by atoms with Gasteiger partial charge in [-0.2, -0.15) is 0 Å². The highest BCUT2D eigenvalue weighted by Gasteiger charge is 2.12. The first kappa shape index (κ1) is 10.8. The van der Waals surface area contributed by atoms with Gasteiger partial charge in [0.05, 0.1) is 0 Å². The SMILES string of the molecule is Oc1ccc(-c2ccc3c(c2)OCCO3)cc1O. The van der Waals surface area contributed by atoms with Crippen LogP contribution in [0.25, 0.3) is 11.1 Å². The van der Waals surface area contributed by atoms with Crippen molar-refractivity contribution in [2.24, 2.45) is 0 Å². The molecule has 2 aromatic rings. The first-order valence-electron chi connectivity index (χ1n) is 5.66. The van der Waals surface area contributed by atoms with E-state index in [0.717, 1.165) is 16.9 Å². The van der Waals surface area contributed by atoms with Crippen LogP contribution in [-0.4, -0.2) is 23.4 Å². The molecule has 0 unspecified atom stereocenters. The second kappa shape index (κ2) is 4.14. The lowest BCUT2D eigenvalue weighted by Gasteiger charge is -2.19. The van der Waals surface area contributed by atoms with Gasteiger partial charge in [-0.3, -0.25) is 0 Å². The Morgan fingerprint density at radius 3 is 2.17 bits per heavy atom. The molecule has 0 spiro atoms. The fraction of sp³-hybridized carbons (Fsp3) is 0.143. The molecule has 0 amide bonds. The number of ether oxygens (including phenoxy) is 2. The van der Waals surface area contributed by atoms with Crippen LogP contribution in [0.4, 0.5) is 0 Å². The molecular formula is C14H12O4. The summed E-state index contributed by atoms with van der Waals surface area (Å²) < 4.78 is 10.9. The number of phenolic OH excluding ortho intramolecular Hbond substituents is 2. The van der Waals surface area contributed by atoms with E-state index >= 15 is 0 Å². The van der Waals surface area contributed by atoms with Crippen LogP contribution in [-0.2, 0) is 0 Å². The van der Waals surface area contributed by atoms with Crippen molar-refractivity contribution in [3.63, 3.8) is 0 Å². The molecule has 2 aromatic carbocycles. The molecule has 1 heterocycles. The van der Waals surface area contributed by atoms with Gasteiger partial charge in [-0.1, -0.05) is 12.1 Å². The molecular weight excluding hydrogens is 232 g/mol. The molecule has 4 nitrogen and oxygen atoms in total. The standard InChI is InChI=1S/C14H12O4/c15-11-3-1-9(7-12(11)16)10-2-4-13-14(8-10)18-6-5-17-13/h1-4,7-8,15-16H,5-6H2. The lowest BCUT2D eigenvalue weighted by Crippen LogP contribution is -2.15. The molecule has 1 aliphatic heterocycles. The quantitative estimate of drug-likeness (QED) is 0.757. The molecule has 0 aliphatic carbocycles. The van der Waals surface area contributed by atoms with E-state index in [-0.39, 0.29) is 11.5 Å². The van der Waals surface area contributed by atoms with Crippen LogP contribution in [0.2, 0.25) is 0 Å². The van der Waals surface area contributed by atoms with Crippen LogP contribution < -0.4 is 9.47 Å². The summed E-state index contributed by atoms with van der Waals surface area (Å²) in [5, 5.41) is 18.8. The predicted octanol–water partition coefficient (Wildman–Crippen LogP) is 2.54. The molecule has 0 radical (unpaired) electrons. The van der Waals surface area contributed by atoms with Gasteiger partial charge in [0.1, 0.15) is 13.2 Å². The van der Waals surface area contributed by atoms with E-state index in [2.05, 4.69) is 0 Å². The summed E-state index contributed by atoms with van der Waals surface area (Å²) in [5.41, 5.74) is 1.71. The molecule has 0 atom stereocenters. The Morgan fingerprint density at radius 2 is 1.39 bits per heavy atom. The number of hydrogen-bond acceptors (Lipinski definition) is 4. The van der Waals surface area contributed by atoms with E-state index in [1.165, 1.54) is 12.1 Å². The molecule has 4 heteroatoms. The maximum atomic E-state index is 9.49. The number of hydrogen-bond donors (Lipinski definition) is 2. The van der Waals surface area contributed by atoms with Crippen molar-refractivity contribution < 1.29 is 19.7 Å². The maximum absolute atomic E-state index is 9.49. The third-order valence-electron chi connectivity index (χ3n) is 2.85. The van der Waals surface area contributed by atoms with Crippen molar-refractivity contribution in [2.75, 3.05) is 13.2 Å². The number of aromatic hydroxyl groups is 2. The van der Waals surface area contributed by atoms with Crippen LogP contribution in [0, 0.1) is 0 Å². The van der Waals surface area contributed by atoms with E-state index < -0.39 is 0 Å². The van der Waals surface area contributed by atoms with Gasteiger partial charge in [0.25, 0.3) is 0 Å². The molecule has 2 N–H and O–H groups in total. The first-order valence-corrected chi connectivity index (χ1v) is 5.66. The van der Waals surface area contributed by atoms with Gasteiger partial charge >= 0.3 is 0 Å². The Morgan fingerprint density at radius 1 is 0.722 bits per heavy atom. The van der Waals surface area contributed by atoms with Crippen LogP contribution in [0.3, 0.4) is 0 Å². The van der Waals surface area contributed by atoms with Gasteiger partial charge < -0.3 is 19.7 Å². The zero-order valence-electron chi connectivity index (χ0n) is 9.59. The summed E-state index contributed by atoms with van der Waals surface area (Å²) in [4.78, 5) is 0. The van der Waals surface area contributed by atoms with Crippen molar-refractivity contribution in [2.45, 2.75) is 0 Å². The van der Waals surface area contributed by atoms with Gasteiger partial charge in [-0.15, -0.1) is 0 Å². The van der Waals surface area contributed by atoms with E-state index in [1.807, 2.05) is 18.2 Å². The molecule has 3 rings (SSSR count). The van der Waals surface area contributed by atoms with E-state index in [9.17, 15) is 10.2 Å². The van der Waals surface area contributed by atoms with Gasteiger partial charge in [0.2, 0.25) is 0 Å². The Balaban J connectivity index is 2.03. The Hall–Kier alpha value is -2.36. The lowest BCUT2D eigenvalue weighted by molar-refractivity contribution is 0.171. The van der Waals surface area contributed by atoms with Gasteiger partial charge in [-0.05, 0) is 35.4 Å². The lowest BCUT2D eigenvalue weighted by atomic mass is 10.0. The fourth-order valence-electron chi connectivity index (χ4n) is 1.93. The van der Waals surface area contributed by atoms with E-state index in [1.54, 1.807) is 6.07 Å².